The van der Waals surface area contributed by atoms with Crippen LogP contribution >= 0.6 is 0 Å². The van der Waals surface area contributed by atoms with Gasteiger partial charge in [0.15, 0.2) is 0 Å². The molecule has 0 spiro atoms. The van der Waals surface area contributed by atoms with Gasteiger partial charge in [0.05, 0.1) is 0 Å². The fraction of sp³-hybridized carbons (Fsp3) is 0.538. The van der Waals surface area contributed by atoms with Gasteiger partial charge in [-0.25, -0.2) is 8.78 Å². The second-order valence-corrected chi connectivity index (χ2v) is 4.68. The van der Waals surface area contributed by atoms with E-state index in [-0.39, 0.29) is 5.69 Å². The van der Waals surface area contributed by atoms with Gasteiger partial charge >= 0.3 is 0 Å². The molecule has 1 atom stereocenters. The molecule has 94 valence electrons. The maximum absolute atomic E-state index is 13.7. The van der Waals surface area contributed by atoms with Gasteiger partial charge in [-0.05, 0) is 37.6 Å². The highest BCUT2D eigenvalue weighted by Crippen LogP contribution is 2.24. The highest BCUT2D eigenvalue weighted by atomic mass is 19.1. The lowest BCUT2D eigenvalue weighted by molar-refractivity contribution is 0.458. The van der Waals surface area contributed by atoms with E-state index in [1.54, 1.807) is 0 Å². The van der Waals surface area contributed by atoms with Gasteiger partial charge in [-0.15, -0.1) is 0 Å². The highest BCUT2D eigenvalue weighted by Gasteiger charge is 2.19. The Morgan fingerprint density at radius 2 is 2.00 bits per heavy atom. The van der Waals surface area contributed by atoms with Crippen molar-refractivity contribution in [1.82, 2.24) is 5.32 Å². The quantitative estimate of drug-likeness (QED) is 0.811. The smallest absolute Gasteiger partial charge is 0.149 e. The van der Waals surface area contributed by atoms with E-state index in [0.29, 0.717) is 19.0 Å². The van der Waals surface area contributed by atoms with Gasteiger partial charge in [-0.3, -0.25) is 0 Å². The van der Waals surface area contributed by atoms with E-state index in [1.165, 1.54) is 18.2 Å². The summed E-state index contributed by atoms with van der Waals surface area (Å²) in [5.74, 6) is -0.550. The van der Waals surface area contributed by atoms with Crippen molar-refractivity contribution < 1.29 is 8.78 Å². The number of nitrogens with one attached hydrogen (secondary N) is 1. The third-order valence-electron chi connectivity index (χ3n) is 3.06. The maximum Gasteiger partial charge on any atom is 0.149 e. The molecule has 1 N–H and O–H groups in total. The molecule has 0 aromatic heterocycles. The molecule has 1 aliphatic rings. The average molecular weight is 240 g/mol. The predicted molar refractivity (Wildman–Crippen MR) is 65.2 cm³/mol. The van der Waals surface area contributed by atoms with Crippen LogP contribution in [0.1, 0.15) is 13.3 Å². The van der Waals surface area contributed by atoms with Crippen molar-refractivity contribution in [2.45, 2.75) is 13.3 Å². The van der Waals surface area contributed by atoms with Crippen LogP contribution in [0.25, 0.3) is 0 Å². The zero-order valence-electron chi connectivity index (χ0n) is 10.0. The van der Waals surface area contributed by atoms with E-state index < -0.39 is 11.6 Å². The Bertz CT molecular complexity index is 361. The van der Waals surface area contributed by atoms with Crippen molar-refractivity contribution in [2.75, 3.05) is 31.1 Å². The van der Waals surface area contributed by atoms with Crippen molar-refractivity contribution in [2.24, 2.45) is 5.92 Å². The number of anilines is 1. The molecule has 4 heteroatoms. The zero-order chi connectivity index (χ0) is 12.3. The molecular weight excluding hydrogens is 222 g/mol. The molecule has 1 saturated heterocycles. The molecule has 0 radical (unpaired) electrons. The van der Waals surface area contributed by atoms with Gasteiger partial charge in [0.1, 0.15) is 17.3 Å². The summed E-state index contributed by atoms with van der Waals surface area (Å²) in [6.07, 6.45) is 0.903. The molecule has 0 saturated carbocycles. The van der Waals surface area contributed by atoms with Crippen LogP contribution in [0.15, 0.2) is 18.2 Å². The van der Waals surface area contributed by atoms with E-state index in [1.807, 2.05) is 4.90 Å². The van der Waals surface area contributed by atoms with Crippen LogP contribution in [0.2, 0.25) is 0 Å². The molecule has 1 heterocycles. The van der Waals surface area contributed by atoms with Gasteiger partial charge in [-0.1, -0.05) is 13.0 Å². The Balaban J connectivity index is 2.23. The summed E-state index contributed by atoms with van der Waals surface area (Å²) in [6.45, 7) is 5.26. The Morgan fingerprint density at radius 1 is 1.29 bits per heavy atom. The van der Waals surface area contributed by atoms with Crippen molar-refractivity contribution in [3.05, 3.63) is 29.8 Å². The van der Waals surface area contributed by atoms with E-state index in [4.69, 9.17) is 0 Å². The minimum Gasteiger partial charge on any atom is -0.366 e. The second kappa shape index (κ2) is 5.45. The van der Waals surface area contributed by atoms with Crippen LogP contribution in [0.4, 0.5) is 14.5 Å². The minimum absolute atomic E-state index is 0.126. The first-order valence-electron chi connectivity index (χ1n) is 6.08. The SMILES string of the molecule is CC1CNCCCN(c2c(F)cccc2F)C1. The molecule has 2 rings (SSSR count). The highest BCUT2D eigenvalue weighted by molar-refractivity contribution is 5.49. The summed E-state index contributed by atoms with van der Waals surface area (Å²) in [5, 5.41) is 3.32. The minimum atomic E-state index is -0.467. The molecule has 1 aromatic carbocycles. The van der Waals surface area contributed by atoms with Crippen molar-refractivity contribution in [1.29, 1.82) is 0 Å². The molecule has 1 unspecified atom stereocenters. The summed E-state index contributed by atoms with van der Waals surface area (Å²) in [7, 11) is 0. The number of hydrogen-bond donors (Lipinski definition) is 1. The van der Waals surface area contributed by atoms with Gasteiger partial charge in [0.25, 0.3) is 0 Å². The number of benzene rings is 1. The number of hydrogen-bond acceptors (Lipinski definition) is 2. The molecule has 0 amide bonds. The first kappa shape index (κ1) is 12.3. The fourth-order valence-electron chi connectivity index (χ4n) is 2.27. The number of halogens is 2. The van der Waals surface area contributed by atoms with E-state index in [9.17, 15) is 8.78 Å². The number of rotatable bonds is 1. The lowest BCUT2D eigenvalue weighted by atomic mass is 10.1. The van der Waals surface area contributed by atoms with Gasteiger partial charge in [0.2, 0.25) is 0 Å². The summed E-state index contributed by atoms with van der Waals surface area (Å²) in [6, 6.07) is 4.05. The topological polar surface area (TPSA) is 15.3 Å². The van der Waals surface area contributed by atoms with E-state index in [2.05, 4.69) is 12.2 Å². The maximum atomic E-state index is 13.7. The molecule has 1 aromatic rings. The fourth-order valence-corrected chi connectivity index (χ4v) is 2.27. The third kappa shape index (κ3) is 2.94. The van der Waals surface area contributed by atoms with Crippen LogP contribution in [0.5, 0.6) is 0 Å². The van der Waals surface area contributed by atoms with Crippen LogP contribution in [-0.2, 0) is 0 Å². The van der Waals surface area contributed by atoms with E-state index in [0.717, 1.165) is 19.5 Å². The lowest BCUT2D eigenvalue weighted by Gasteiger charge is -2.31. The molecule has 1 fully saturated rings. The van der Waals surface area contributed by atoms with Gasteiger partial charge in [-0.2, -0.15) is 0 Å². The number of para-hydroxylation sites is 1. The Hall–Kier alpha value is -1.16. The second-order valence-electron chi connectivity index (χ2n) is 4.68. The number of nitrogens with zero attached hydrogens (tertiary/aromatic N) is 1. The van der Waals surface area contributed by atoms with Crippen LogP contribution in [-0.4, -0.2) is 26.2 Å². The van der Waals surface area contributed by atoms with Crippen LogP contribution < -0.4 is 10.2 Å². The van der Waals surface area contributed by atoms with Crippen LogP contribution in [0, 0.1) is 17.6 Å². The molecule has 0 aliphatic carbocycles. The molecule has 0 bridgehead atoms. The zero-order valence-corrected chi connectivity index (χ0v) is 10.0. The summed E-state index contributed by atoms with van der Waals surface area (Å²) >= 11 is 0. The lowest BCUT2D eigenvalue weighted by Crippen LogP contribution is -2.39. The average Bonchev–Trinajstić information content (AvgIpc) is 2.24. The largest absolute Gasteiger partial charge is 0.366 e. The molecule has 2 nitrogen and oxygen atoms in total. The Morgan fingerprint density at radius 3 is 2.71 bits per heavy atom. The van der Waals surface area contributed by atoms with Crippen molar-refractivity contribution in [3.8, 4) is 0 Å². The van der Waals surface area contributed by atoms with Gasteiger partial charge < -0.3 is 10.2 Å². The summed E-state index contributed by atoms with van der Waals surface area (Å²) in [5.41, 5.74) is 0.126. The standard InChI is InChI=1S/C13H18F2N2/c1-10-8-16-6-3-7-17(9-10)13-11(14)4-2-5-12(13)15/h2,4-5,10,16H,3,6-9H2,1H3. The first-order chi connectivity index (χ1) is 8.18. The summed E-state index contributed by atoms with van der Waals surface area (Å²) < 4.78 is 27.4. The molecule has 17 heavy (non-hydrogen) atoms. The van der Waals surface area contributed by atoms with Gasteiger partial charge in [0, 0.05) is 13.1 Å². The Labute approximate surface area is 101 Å². The van der Waals surface area contributed by atoms with E-state index >= 15 is 0 Å². The monoisotopic (exact) mass is 240 g/mol. The Kier molecular flexibility index (Phi) is 3.94. The molecular formula is C13H18F2N2. The van der Waals surface area contributed by atoms with Crippen molar-refractivity contribution >= 4 is 5.69 Å². The summed E-state index contributed by atoms with van der Waals surface area (Å²) in [4.78, 5) is 1.83. The third-order valence-corrected chi connectivity index (χ3v) is 3.06. The first-order valence-corrected chi connectivity index (χ1v) is 6.08. The normalized spacial score (nSPS) is 22.1. The van der Waals surface area contributed by atoms with Crippen molar-refractivity contribution in [3.63, 3.8) is 0 Å². The predicted octanol–water partition coefficient (Wildman–Crippen LogP) is 2.40. The van der Waals surface area contributed by atoms with Crippen LogP contribution in [0.3, 0.4) is 0 Å². The molecule has 1 aliphatic heterocycles.